The molecule has 0 unspecified atom stereocenters. The molecular weight excluding hydrogens is 374 g/mol. The van der Waals surface area contributed by atoms with Crippen molar-refractivity contribution in [1.82, 2.24) is 14.5 Å². The van der Waals surface area contributed by atoms with Crippen molar-refractivity contribution in [2.75, 3.05) is 13.1 Å². The van der Waals surface area contributed by atoms with Crippen molar-refractivity contribution >= 4 is 21.6 Å². The number of nitrogens with one attached hydrogen (secondary N) is 1. The summed E-state index contributed by atoms with van der Waals surface area (Å²) < 4.78 is 32.4. The highest BCUT2D eigenvalue weighted by atomic mass is 35.5. The number of aromatic nitrogens is 2. The van der Waals surface area contributed by atoms with Gasteiger partial charge >= 0.3 is 0 Å². The molecule has 3 aromatic rings. The third-order valence-corrected chi connectivity index (χ3v) is 6.83. The van der Waals surface area contributed by atoms with Gasteiger partial charge in [0.05, 0.1) is 11.2 Å². The van der Waals surface area contributed by atoms with Crippen molar-refractivity contribution in [2.24, 2.45) is 0 Å². The Labute approximate surface area is 156 Å². The number of rotatable bonds is 4. The monoisotopic (exact) mass is 391 g/mol. The van der Waals surface area contributed by atoms with Gasteiger partial charge in [-0.05, 0) is 49.2 Å². The molecule has 3 heterocycles. The summed E-state index contributed by atoms with van der Waals surface area (Å²) in [7, 11) is -3.51. The number of nitrogens with zero attached hydrogens (tertiary/aromatic N) is 2. The highest BCUT2D eigenvalue weighted by Crippen LogP contribution is 2.32. The summed E-state index contributed by atoms with van der Waals surface area (Å²) in [4.78, 5) is 0.241. The van der Waals surface area contributed by atoms with Crippen molar-refractivity contribution in [3.8, 4) is 11.5 Å². The van der Waals surface area contributed by atoms with E-state index in [0.29, 0.717) is 23.9 Å². The second kappa shape index (κ2) is 6.90. The van der Waals surface area contributed by atoms with E-state index in [9.17, 15) is 8.42 Å². The highest BCUT2D eigenvalue weighted by Gasteiger charge is 2.30. The molecule has 0 aliphatic carbocycles. The standard InChI is InChI=1S/C18H18ClN3O3S/c19-14-3-1-4-15(11-14)26(23,24)22-8-6-13(7-9-22)16-12-17(21-20-16)18-5-2-10-25-18/h1-5,10-13H,6-9H2,(H,20,21). The largest absolute Gasteiger partial charge is 0.463 e. The van der Waals surface area contributed by atoms with Crippen LogP contribution in [0.2, 0.25) is 5.02 Å². The van der Waals surface area contributed by atoms with Gasteiger partial charge in [-0.3, -0.25) is 5.10 Å². The maximum absolute atomic E-state index is 12.8. The third-order valence-electron chi connectivity index (χ3n) is 4.70. The van der Waals surface area contributed by atoms with Crippen LogP contribution in [0.4, 0.5) is 0 Å². The van der Waals surface area contributed by atoms with E-state index in [4.69, 9.17) is 16.0 Å². The van der Waals surface area contributed by atoms with Gasteiger partial charge in [0, 0.05) is 29.7 Å². The zero-order chi connectivity index (χ0) is 18.1. The lowest BCUT2D eigenvalue weighted by Crippen LogP contribution is -2.37. The van der Waals surface area contributed by atoms with Gasteiger partial charge in [0.15, 0.2) is 5.76 Å². The van der Waals surface area contributed by atoms with Gasteiger partial charge in [-0.2, -0.15) is 9.40 Å². The summed E-state index contributed by atoms with van der Waals surface area (Å²) in [6.07, 6.45) is 3.09. The molecule has 1 aromatic carbocycles. The average Bonchev–Trinajstić information content (AvgIpc) is 3.33. The Morgan fingerprint density at radius 1 is 1.15 bits per heavy atom. The lowest BCUT2D eigenvalue weighted by atomic mass is 9.94. The Hall–Kier alpha value is -2.09. The number of benzene rings is 1. The predicted octanol–water partition coefficient (Wildman–Crippen LogP) is 3.89. The molecule has 136 valence electrons. The van der Waals surface area contributed by atoms with E-state index in [1.165, 1.54) is 10.4 Å². The minimum Gasteiger partial charge on any atom is -0.463 e. The topological polar surface area (TPSA) is 79.2 Å². The van der Waals surface area contributed by atoms with Crippen LogP contribution in [0, 0.1) is 0 Å². The second-order valence-electron chi connectivity index (χ2n) is 6.32. The van der Waals surface area contributed by atoms with Crippen LogP contribution in [0.15, 0.2) is 58.0 Å². The molecule has 0 saturated carbocycles. The molecule has 2 aromatic heterocycles. The van der Waals surface area contributed by atoms with Crippen LogP contribution in [-0.2, 0) is 10.0 Å². The Kier molecular flexibility index (Phi) is 4.60. The van der Waals surface area contributed by atoms with Gasteiger partial charge in [-0.15, -0.1) is 0 Å². The lowest BCUT2D eigenvalue weighted by Gasteiger charge is -2.30. The summed E-state index contributed by atoms with van der Waals surface area (Å²) in [5, 5.41) is 7.77. The molecule has 26 heavy (non-hydrogen) atoms. The number of aromatic amines is 1. The van der Waals surface area contributed by atoms with Crippen molar-refractivity contribution in [2.45, 2.75) is 23.7 Å². The molecule has 8 heteroatoms. The van der Waals surface area contributed by atoms with Gasteiger partial charge in [0.1, 0.15) is 5.69 Å². The van der Waals surface area contributed by atoms with Gasteiger partial charge in [-0.1, -0.05) is 17.7 Å². The molecule has 6 nitrogen and oxygen atoms in total. The number of furan rings is 1. The lowest BCUT2D eigenvalue weighted by molar-refractivity contribution is 0.316. The van der Waals surface area contributed by atoms with Crippen molar-refractivity contribution in [1.29, 1.82) is 0 Å². The Morgan fingerprint density at radius 3 is 2.65 bits per heavy atom. The molecule has 1 fully saturated rings. The van der Waals surface area contributed by atoms with E-state index >= 15 is 0 Å². The zero-order valence-corrected chi connectivity index (χ0v) is 15.5. The van der Waals surface area contributed by atoms with Crippen molar-refractivity contribution in [3.05, 3.63) is 59.4 Å². The third kappa shape index (κ3) is 3.30. The van der Waals surface area contributed by atoms with Gasteiger partial charge < -0.3 is 4.42 Å². The summed E-state index contributed by atoms with van der Waals surface area (Å²) in [6, 6.07) is 12.1. The number of hydrogen-bond donors (Lipinski definition) is 1. The van der Waals surface area contributed by atoms with Crippen molar-refractivity contribution < 1.29 is 12.8 Å². The summed E-state index contributed by atoms with van der Waals surface area (Å²) in [5.41, 5.74) is 1.77. The molecule has 0 amide bonds. The molecule has 1 N–H and O–H groups in total. The molecule has 0 bridgehead atoms. The molecule has 0 radical (unpaired) electrons. The Bertz CT molecular complexity index is 990. The zero-order valence-electron chi connectivity index (χ0n) is 13.9. The SMILES string of the molecule is O=S(=O)(c1cccc(Cl)c1)N1CCC(c2cc(-c3ccco3)n[nH]2)CC1. The molecule has 1 aliphatic heterocycles. The number of hydrogen-bond acceptors (Lipinski definition) is 4. The Morgan fingerprint density at radius 2 is 1.96 bits per heavy atom. The highest BCUT2D eigenvalue weighted by molar-refractivity contribution is 7.89. The summed E-state index contributed by atoms with van der Waals surface area (Å²) in [5.74, 6) is 0.963. The maximum atomic E-state index is 12.8. The molecule has 4 rings (SSSR count). The first kappa shape index (κ1) is 17.3. The van der Waals surface area contributed by atoms with Crippen LogP contribution in [0.25, 0.3) is 11.5 Å². The van der Waals surface area contributed by atoms with E-state index in [-0.39, 0.29) is 10.8 Å². The molecular formula is C18H18ClN3O3S. The van der Waals surface area contributed by atoms with E-state index in [1.54, 1.807) is 24.5 Å². The molecule has 1 saturated heterocycles. The second-order valence-corrected chi connectivity index (χ2v) is 8.70. The van der Waals surface area contributed by atoms with Crippen LogP contribution in [0.1, 0.15) is 24.5 Å². The fraction of sp³-hybridized carbons (Fsp3) is 0.278. The van der Waals surface area contributed by atoms with Gasteiger partial charge in [-0.25, -0.2) is 8.42 Å². The quantitative estimate of drug-likeness (QED) is 0.731. The summed E-state index contributed by atoms with van der Waals surface area (Å²) in [6.45, 7) is 0.934. The van der Waals surface area contributed by atoms with Crippen LogP contribution >= 0.6 is 11.6 Å². The summed E-state index contributed by atoms with van der Waals surface area (Å²) >= 11 is 5.94. The first-order valence-electron chi connectivity index (χ1n) is 8.39. The van der Waals surface area contributed by atoms with E-state index in [0.717, 1.165) is 24.2 Å². The number of piperidine rings is 1. The molecule has 1 aliphatic rings. The van der Waals surface area contributed by atoms with Crippen LogP contribution in [0.5, 0.6) is 0 Å². The number of sulfonamides is 1. The van der Waals surface area contributed by atoms with Gasteiger partial charge in [0.25, 0.3) is 0 Å². The molecule has 0 spiro atoms. The first-order valence-corrected chi connectivity index (χ1v) is 10.2. The average molecular weight is 392 g/mol. The smallest absolute Gasteiger partial charge is 0.243 e. The van der Waals surface area contributed by atoms with E-state index in [1.807, 2.05) is 18.2 Å². The minimum atomic E-state index is -3.51. The van der Waals surface area contributed by atoms with Crippen LogP contribution in [0.3, 0.4) is 0 Å². The number of halogens is 1. The fourth-order valence-corrected chi connectivity index (χ4v) is 5.05. The maximum Gasteiger partial charge on any atom is 0.243 e. The number of H-pyrrole nitrogens is 1. The first-order chi connectivity index (χ1) is 12.5. The van der Waals surface area contributed by atoms with Crippen LogP contribution in [-0.4, -0.2) is 36.0 Å². The minimum absolute atomic E-state index is 0.241. The van der Waals surface area contributed by atoms with Crippen LogP contribution < -0.4 is 0 Å². The van der Waals surface area contributed by atoms with E-state index in [2.05, 4.69) is 10.2 Å². The van der Waals surface area contributed by atoms with Crippen molar-refractivity contribution in [3.63, 3.8) is 0 Å². The predicted molar refractivity (Wildman–Crippen MR) is 98.5 cm³/mol. The fourth-order valence-electron chi connectivity index (χ4n) is 3.28. The van der Waals surface area contributed by atoms with E-state index < -0.39 is 10.0 Å². The Balaban J connectivity index is 1.46. The van der Waals surface area contributed by atoms with Gasteiger partial charge in [0.2, 0.25) is 10.0 Å². The normalized spacial score (nSPS) is 16.8. The molecule has 0 atom stereocenters.